The van der Waals surface area contributed by atoms with E-state index in [1.807, 2.05) is 0 Å². The van der Waals surface area contributed by atoms with E-state index in [-0.39, 0.29) is 0 Å². The maximum absolute atomic E-state index is 7.25. The molecular formula is C5H9O3. The van der Waals surface area contributed by atoms with Gasteiger partial charge in [0, 0.05) is 0 Å². The zero-order chi connectivity index (χ0) is 6.83. The van der Waals surface area contributed by atoms with Crippen LogP contribution >= 0.6 is 0 Å². The van der Waals surface area contributed by atoms with Crippen molar-refractivity contribution in [2.45, 2.75) is 0 Å². The maximum atomic E-state index is 7.25. The van der Waals surface area contributed by atoms with Gasteiger partial charge in [-0.1, -0.05) is 19.2 Å². The molecule has 1 N–H and O–H groups in total. The van der Waals surface area contributed by atoms with Crippen molar-refractivity contribution in [1.29, 1.82) is 0 Å². The lowest BCUT2D eigenvalue weighted by Crippen LogP contribution is -1.75. The summed E-state index contributed by atoms with van der Waals surface area (Å²) in [4.78, 5) is 0. The van der Waals surface area contributed by atoms with Gasteiger partial charge in [-0.05, 0) is 5.26 Å². The first-order chi connectivity index (χ1) is 3.91. The molecule has 0 aromatic carbocycles. The minimum Gasteiger partial charge on any atom is -0.498 e. The molecule has 0 aliphatic heterocycles. The van der Waals surface area contributed by atoms with Gasteiger partial charge in [0.1, 0.15) is 6.61 Å². The molecule has 3 nitrogen and oxygen atoms in total. The molecule has 0 unspecified atom stereocenters. The van der Waals surface area contributed by atoms with Crippen LogP contribution in [0.15, 0.2) is 25.5 Å². The van der Waals surface area contributed by atoms with Crippen LogP contribution in [0, 0.1) is 0 Å². The minimum atomic E-state index is 0.559. The molecule has 3 heteroatoms. The van der Waals surface area contributed by atoms with Crippen molar-refractivity contribution >= 4 is 0 Å². The van der Waals surface area contributed by atoms with E-state index in [4.69, 9.17) is 10.5 Å². The van der Waals surface area contributed by atoms with Crippen LogP contribution in [0.2, 0.25) is 0 Å². The Bertz CT molecular complexity index is 43.6. The zero-order valence-corrected chi connectivity index (χ0v) is 4.54. The van der Waals surface area contributed by atoms with Crippen molar-refractivity contribution in [3.63, 3.8) is 0 Å². The molecule has 47 valence electrons. The number of rotatable bonds is 3. The summed E-state index contributed by atoms with van der Waals surface area (Å²) >= 11 is 0. The predicted molar refractivity (Wildman–Crippen MR) is 29.7 cm³/mol. The second kappa shape index (κ2) is 16.4. The van der Waals surface area contributed by atoms with E-state index < -0.39 is 0 Å². The molecular weight excluding hydrogens is 108 g/mol. The van der Waals surface area contributed by atoms with E-state index in [0.29, 0.717) is 6.61 Å². The summed E-state index contributed by atoms with van der Waals surface area (Å²) in [6.45, 7) is 7.31. The molecule has 0 amide bonds. The van der Waals surface area contributed by atoms with Crippen LogP contribution in [0.25, 0.3) is 0 Å². The summed E-state index contributed by atoms with van der Waals surface area (Å²) in [5.41, 5.74) is 0. The normalized spacial score (nSPS) is 5.75. The maximum Gasteiger partial charge on any atom is 0.105 e. The van der Waals surface area contributed by atoms with Gasteiger partial charge in [-0.3, -0.25) is 0 Å². The Morgan fingerprint density at radius 2 is 2.00 bits per heavy atom. The van der Waals surface area contributed by atoms with Gasteiger partial charge in [-0.2, -0.15) is 0 Å². The molecule has 0 fully saturated rings. The van der Waals surface area contributed by atoms with Crippen LogP contribution in [0.3, 0.4) is 0 Å². The summed E-state index contributed by atoms with van der Waals surface area (Å²) in [6, 6.07) is 0. The van der Waals surface area contributed by atoms with Crippen molar-refractivity contribution in [2.75, 3.05) is 6.61 Å². The topological polar surface area (TPSA) is 49.4 Å². The fraction of sp³-hybridized carbons (Fsp3) is 0.200. The van der Waals surface area contributed by atoms with Crippen molar-refractivity contribution in [1.82, 2.24) is 0 Å². The van der Waals surface area contributed by atoms with Crippen LogP contribution in [-0.4, -0.2) is 11.9 Å². The van der Waals surface area contributed by atoms with Crippen LogP contribution in [0.5, 0.6) is 0 Å². The Morgan fingerprint density at radius 3 is 2.12 bits per heavy atom. The Labute approximate surface area is 48.5 Å². The molecule has 0 aromatic heterocycles. The van der Waals surface area contributed by atoms with Gasteiger partial charge in [0.15, 0.2) is 0 Å². The first kappa shape index (κ1) is 10.2. The standard InChI is InChI=1S/C5H8O.HO2/c1-3-5-6-4-2;1-2/h3-4H,1-2,5H2;1H. The molecule has 8 heavy (non-hydrogen) atoms. The lowest BCUT2D eigenvalue weighted by Gasteiger charge is -1.86. The molecule has 0 saturated heterocycles. The highest BCUT2D eigenvalue weighted by atomic mass is 17.0. The summed E-state index contributed by atoms with van der Waals surface area (Å²) < 4.78 is 4.63. The third kappa shape index (κ3) is 19.0. The van der Waals surface area contributed by atoms with Crippen molar-refractivity contribution in [2.24, 2.45) is 0 Å². The fourth-order valence-electron chi connectivity index (χ4n) is 0.136. The predicted octanol–water partition coefficient (Wildman–Crippen LogP) is 1.22. The monoisotopic (exact) mass is 117 g/mol. The quantitative estimate of drug-likeness (QED) is 0.199. The Morgan fingerprint density at radius 1 is 1.50 bits per heavy atom. The molecule has 0 bridgehead atoms. The molecule has 1 radical (unpaired) electrons. The molecule has 0 atom stereocenters. The average molecular weight is 117 g/mol. The van der Waals surface area contributed by atoms with Gasteiger partial charge in [-0.15, -0.1) is 0 Å². The lowest BCUT2D eigenvalue weighted by atomic mass is 10.7. The third-order valence-electron chi connectivity index (χ3n) is 0.332. The van der Waals surface area contributed by atoms with Crippen molar-refractivity contribution < 1.29 is 15.3 Å². The highest BCUT2D eigenvalue weighted by Gasteiger charge is 1.61. The van der Waals surface area contributed by atoms with Crippen LogP contribution in [0.1, 0.15) is 0 Å². The van der Waals surface area contributed by atoms with Gasteiger partial charge in [0.05, 0.1) is 6.26 Å². The Hall–Kier alpha value is -0.800. The fourth-order valence-corrected chi connectivity index (χ4v) is 0.136. The first-order valence-electron chi connectivity index (χ1n) is 1.93. The van der Waals surface area contributed by atoms with E-state index in [9.17, 15) is 0 Å². The molecule has 0 saturated carbocycles. The summed E-state index contributed by atoms with van der Waals surface area (Å²) in [5, 5.41) is 13.0. The molecule has 0 heterocycles. The van der Waals surface area contributed by atoms with E-state index in [2.05, 4.69) is 17.9 Å². The highest BCUT2D eigenvalue weighted by Crippen LogP contribution is 1.69. The van der Waals surface area contributed by atoms with Gasteiger partial charge in [-0.25, -0.2) is 5.26 Å². The van der Waals surface area contributed by atoms with E-state index >= 15 is 0 Å². The Kier molecular flexibility index (Phi) is 20.9. The van der Waals surface area contributed by atoms with Gasteiger partial charge < -0.3 is 4.74 Å². The van der Waals surface area contributed by atoms with E-state index in [1.165, 1.54) is 6.26 Å². The lowest BCUT2D eigenvalue weighted by molar-refractivity contribution is -0.247. The number of hydrogen-bond donors (Lipinski definition) is 1. The highest BCUT2D eigenvalue weighted by molar-refractivity contribution is 4.65. The smallest absolute Gasteiger partial charge is 0.105 e. The molecule has 0 aliphatic carbocycles. The molecule has 0 rings (SSSR count). The number of hydrogen-bond acceptors (Lipinski definition) is 2. The first-order valence-corrected chi connectivity index (χ1v) is 1.93. The second-order valence-corrected chi connectivity index (χ2v) is 0.789. The van der Waals surface area contributed by atoms with Crippen molar-refractivity contribution in [3.8, 4) is 0 Å². The SMILES string of the molecule is C=CCOC=C.[O]O. The second-order valence-electron chi connectivity index (χ2n) is 0.789. The third-order valence-corrected chi connectivity index (χ3v) is 0.332. The molecule has 0 aromatic rings. The Balaban J connectivity index is 0. The van der Waals surface area contributed by atoms with Gasteiger partial charge in [0.2, 0.25) is 0 Å². The van der Waals surface area contributed by atoms with Crippen LogP contribution < -0.4 is 0 Å². The van der Waals surface area contributed by atoms with Gasteiger partial charge >= 0.3 is 0 Å². The largest absolute Gasteiger partial charge is 0.498 e. The molecule has 0 spiro atoms. The van der Waals surface area contributed by atoms with Crippen LogP contribution in [0.4, 0.5) is 0 Å². The number of ether oxygens (including phenoxy) is 1. The van der Waals surface area contributed by atoms with Crippen molar-refractivity contribution in [3.05, 3.63) is 25.5 Å². The summed E-state index contributed by atoms with van der Waals surface area (Å²) in [7, 11) is 0. The van der Waals surface area contributed by atoms with E-state index in [1.54, 1.807) is 6.08 Å². The summed E-state index contributed by atoms with van der Waals surface area (Å²) in [6.07, 6.45) is 3.06. The van der Waals surface area contributed by atoms with Crippen LogP contribution in [-0.2, 0) is 9.99 Å². The average Bonchev–Trinajstić information content (AvgIpc) is 1.88. The minimum absolute atomic E-state index is 0.559. The zero-order valence-electron chi connectivity index (χ0n) is 4.54. The molecule has 0 aliphatic rings. The summed E-state index contributed by atoms with van der Waals surface area (Å²) in [5.74, 6) is 0. The van der Waals surface area contributed by atoms with Gasteiger partial charge in [0.25, 0.3) is 0 Å². The van der Waals surface area contributed by atoms with E-state index in [0.717, 1.165) is 0 Å².